The molecule has 1 aliphatic carbocycles. The first-order valence-electron chi connectivity index (χ1n) is 7.69. The Morgan fingerprint density at radius 3 is 2.73 bits per heavy atom. The number of ether oxygens (including phenoxy) is 1. The molecule has 0 amide bonds. The van der Waals surface area contributed by atoms with Crippen LogP contribution in [-0.4, -0.2) is 31.6 Å². The van der Waals surface area contributed by atoms with Gasteiger partial charge in [-0.05, 0) is 43.3 Å². The van der Waals surface area contributed by atoms with E-state index in [0.29, 0.717) is 12.6 Å². The molecule has 3 heteroatoms. The van der Waals surface area contributed by atoms with Gasteiger partial charge in [0.2, 0.25) is 0 Å². The van der Waals surface area contributed by atoms with Gasteiger partial charge in [0.05, 0.1) is 0 Å². The van der Waals surface area contributed by atoms with Crippen LogP contribution in [0.2, 0.25) is 0 Å². The zero-order valence-corrected chi connectivity index (χ0v) is 13.0. The number of dihydropyridines is 1. The van der Waals surface area contributed by atoms with Gasteiger partial charge in [-0.15, -0.1) is 0 Å². The maximum Gasteiger partial charge on any atom is 0.127 e. The van der Waals surface area contributed by atoms with Crippen molar-refractivity contribution in [2.45, 2.75) is 12.5 Å². The van der Waals surface area contributed by atoms with Gasteiger partial charge < -0.3 is 15.0 Å². The van der Waals surface area contributed by atoms with Crippen LogP contribution in [0.1, 0.15) is 12.0 Å². The zero-order chi connectivity index (χ0) is 15.1. The molecule has 1 unspecified atom stereocenters. The number of hydrogen-bond acceptors (Lipinski definition) is 3. The van der Waals surface area contributed by atoms with Crippen molar-refractivity contribution in [2.24, 2.45) is 0 Å². The summed E-state index contributed by atoms with van der Waals surface area (Å²) < 4.78 is 6.17. The van der Waals surface area contributed by atoms with Gasteiger partial charge in [-0.3, -0.25) is 0 Å². The van der Waals surface area contributed by atoms with Gasteiger partial charge in [0, 0.05) is 29.6 Å². The fourth-order valence-electron chi connectivity index (χ4n) is 3.50. The van der Waals surface area contributed by atoms with Crippen LogP contribution in [0.15, 0.2) is 71.1 Å². The van der Waals surface area contributed by atoms with Crippen molar-refractivity contribution in [3.8, 4) is 0 Å². The Bertz CT molecular complexity index is 723. The minimum Gasteiger partial charge on any atom is -0.489 e. The van der Waals surface area contributed by atoms with Gasteiger partial charge in [0.15, 0.2) is 0 Å². The van der Waals surface area contributed by atoms with E-state index < -0.39 is 0 Å². The number of nitrogens with zero attached hydrogens (tertiary/aromatic N) is 1. The number of likely N-dealkylation sites (N-methyl/N-ethyl adjacent to an activating group) is 1. The SMILES string of the molecule is CN(C)C1CC2=CNC=C3C=C(c4ccccc4)OCC1=C32. The van der Waals surface area contributed by atoms with Crippen molar-refractivity contribution in [3.63, 3.8) is 0 Å². The lowest BCUT2D eigenvalue weighted by atomic mass is 9.97. The summed E-state index contributed by atoms with van der Waals surface area (Å²) in [6.07, 6.45) is 7.42. The summed E-state index contributed by atoms with van der Waals surface area (Å²) in [4.78, 5) is 2.29. The van der Waals surface area contributed by atoms with Crippen LogP contribution in [0.25, 0.3) is 5.76 Å². The van der Waals surface area contributed by atoms with Crippen LogP contribution in [0, 0.1) is 0 Å². The molecule has 2 heterocycles. The Morgan fingerprint density at radius 2 is 1.95 bits per heavy atom. The fraction of sp³-hybridized carbons (Fsp3) is 0.263. The monoisotopic (exact) mass is 292 g/mol. The van der Waals surface area contributed by atoms with E-state index in [-0.39, 0.29) is 0 Å². The third kappa shape index (κ3) is 2.09. The van der Waals surface area contributed by atoms with Gasteiger partial charge in [0.25, 0.3) is 0 Å². The Morgan fingerprint density at radius 1 is 1.14 bits per heavy atom. The van der Waals surface area contributed by atoms with Crippen molar-refractivity contribution in [3.05, 3.63) is 76.7 Å². The number of allylic oxidation sites excluding steroid dienone is 3. The van der Waals surface area contributed by atoms with E-state index in [1.54, 1.807) is 0 Å². The van der Waals surface area contributed by atoms with Gasteiger partial charge in [0.1, 0.15) is 12.4 Å². The first-order chi connectivity index (χ1) is 10.7. The molecular formula is C19H20N2O. The third-order valence-electron chi connectivity index (χ3n) is 4.59. The van der Waals surface area contributed by atoms with E-state index in [1.807, 2.05) is 18.2 Å². The molecule has 0 fully saturated rings. The highest BCUT2D eigenvalue weighted by Gasteiger charge is 2.35. The molecule has 0 saturated carbocycles. The van der Waals surface area contributed by atoms with Crippen LogP contribution in [0.5, 0.6) is 0 Å². The van der Waals surface area contributed by atoms with Crippen LogP contribution in [-0.2, 0) is 4.74 Å². The molecule has 112 valence electrons. The molecule has 0 saturated heterocycles. The molecule has 0 bridgehead atoms. The van der Waals surface area contributed by atoms with Gasteiger partial charge in [-0.1, -0.05) is 30.3 Å². The lowest BCUT2D eigenvalue weighted by Gasteiger charge is -2.22. The van der Waals surface area contributed by atoms with Crippen LogP contribution < -0.4 is 5.32 Å². The van der Waals surface area contributed by atoms with E-state index >= 15 is 0 Å². The lowest BCUT2D eigenvalue weighted by Crippen LogP contribution is -2.29. The Kier molecular flexibility index (Phi) is 3.16. The second-order valence-electron chi connectivity index (χ2n) is 6.18. The third-order valence-corrected chi connectivity index (χ3v) is 4.59. The van der Waals surface area contributed by atoms with Crippen LogP contribution in [0.4, 0.5) is 0 Å². The Labute approximate surface area is 131 Å². The second-order valence-corrected chi connectivity index (χ2v) is 6.18. The zero-order valence-electron chi connectivity index (χ0n) is 13.0. The summed E-state index contributed by atoms with van der Waals surface area (Å²) >= 11 is 0. The normalized spacial score (nSPS) is 23.0. The lowest BCUT2D eigenvalue weighted by molar-refractivity contribution is 0.267. The van der Waals surface area contributed by atoms with Crippen molar-refractivity contribution < 1.29 is 4.74 Å². The Balaban J connectivity index is 1.77. The van der Waals surface area contributed by atoms with Crippen LogP contribution >= 0.6 is 0 Å². The highest BCUT2D eigenvalue weighted by molar-refractivity contribution is 5.71. The molecule has 0 spiro atoms. The number of rotatable bonds is 2. The molecular weight excluding hydrogens is 272 g/mol. The average Bonchev–Trinajstić information content (AvgIpc) is 2.80. The number of hydrogen-bond donors (Lipinski definition) is 1. The van der Waals surface area contributed by atoms with E-state index in [2.05, 4.69) is 54.9 Å². The molecule has 0 aromatic heterocycles. The molecule has 1 aromatic rings. The molecule has 1 N–H and O–H groups in total. The molecule has 22 heavy (non-hydrogen) atoms. The summed E-state index contributed by atoms with van der Waals surface area (Å²) in [7, 11) is 4.28. The minimum absolute atomic E-state index is 0.424. The van der Waals surface area contributed by atoms with Crippen molar-refractivity contribution in [1.29, 1.82) is 0 Å². The number of benzene rings is 1. The standard InChI is InChI=1S/C19H20N2O/c1-21(2)17-8-14-10-20-11-15-9-18(13-6-4-3-5-7-13)22-12-16(17)19(14)15/h3-7,9-11,17,20H,8,12H2,1-2H3. The van der Waals surface area contributed by atoms with Crippen molar-refractivity contribution in [2.75, 3.05) is 20.7 Å². The highest BCUT2D eigenvalue weighted by atomic mass is 16.5. The average molecular weight is 292 g/mol. The quantitative estimate of drug-likeness (QED) is 0.906. The van der Waals surface area contributed by atoms with Gasteiger partial charge >= 0.3 is 0 Å². The smallest absolute Gasteiger partial charge is 0.127 e. The molecule has 0 radical (unpaired) electrons. The van der Waals surface area contributed by atoms with Crippen LogP contribution in [0.3, 0.4) is 0 Å². The predicted octanol–water partition coefficient (Wildman–Crippen LogP) is 3.06. The topological polar surface area (TPSA) is 24.5 Å². The van der Waals surface area contributed by atoms with E-state index in [0.717, 1.165) is 17.7 Å². The minimum atomic E-state index is 0.424. The first-order valence-corrected chi connectivity index (χ1v) is 7.69. The molecule has 4 rings (SSSR count). The summed E-state index contributed by atoms with van der Waals surface area (Å²) in [5, 5.41) is 3.29. The summed E-state index contributed by atoms with van der Waals surface area (Å²) in [6.45, 7) is 0.660. The largest absolute Gasteiger partial charge is 0.489 e. The molecule has 3 aliphatic rings. The molecule has 1 aromatic carbocycles. The summed E-state index contributed by atoms with van der Waals surface area (Å²) in [5.41, 5.74) is 6.52. The highest BCUT2D eigenvalue weighted by Crippen LogP contribution is 2.42. The van der Waals surface area contributed by atoms with Gasteiger partial charge in [-0.25, -0.2) is 0 Å². The molecule has 2 aliphatic heterocycles. The summed E-state index contributed by atoms with van der Waals surface area (Å²) in [6, 6.07) is 10.7. The molecule has 1 atom stereocenters. The van der Waals surface area contributed by atoms with E-state index in [4.69, 9.17) is 4.74 Å². The van der Waals surface area contributed by atoms with Gasteiger partial charge in [-0.2, -0.15) is 0 Å². The second kappa shape index (κ2) is 5.18. The fourth-order valence-corrected chi connectivity index (χ4v) is 3.50. The maximum atomic E-state index is 6.17. The maximum absolute atomic E-state index is 6.17. The van der Waals surface area contributed by atoms with E-state index in [1.165, 1.54) is 22.3 Å². The predicted molar refractivity (Wildman–Crippen MR) is 88.8 cm³/mol. The van der Waals surface area contributed by atoms with Crippen molar-refractivity contribution in [1.82, 2.24) is 10.2 Å². The van der Waals surface area contributed by atoms with Crippen molar-refractivity contribution >= 4 is 5.76 Å². The summed E-state index contributed by atoms with van der Waals surface area (Å²) in [5.74, 6) is 0.946. The number of nitrogens with one attached hydrogen (secondary N) is 1. The Hall–Kier alpha value is -2.26. The molecule has 3 nitrogen and oxygen atoms in total. The van der Waals surface area contributed by atoms with E-state index in [9.17, 15) is 0 Å². The first kappa shape index (κ1) is 13.4.